The molecule has 9 heteroatoms. The van der Waals surface area contributed by atoms with Crippen LogP contribution >= 0.6 is 0 Å². The van der Waals surface area contributed by atoms with Gasteiger partial charge in [0.15, 0.2) is 0 Å². The highest BCUT2D eigenvalue weighted by Crippen LogP contribution is 2.31. The maximum Gasteiger partial charge on any atom is 0.258 e. The molecule has 1 aliphatic rings. The summed E-state index contributed by atoms with van der Waals surface area (Å²) >= 11 is 0. The molecule has 31 heavy (non-hydrogen) atoms. The standard InChI is InChI=1S/C22H21N5O4/c1-12-7-3-4-8-14(12)23-20(29)13-11-17(28)25-19-18(13)21(30)27-22(26-19)24-15-9-5-6-10-16(15)31-2/h3-10,13H,11H2,1-2H3,(H,23,29)(H3,24,25,26,27,28,30)/t13-/m1/s1. The molecule has 158 valence electrons. The average Bonchev–Trinajstić information content (AvgIpc) is 2.74. The van der Waals surface area contributed by atoms with Gasteiger partial charge in [-0.15, -0.1) is 0 Å². The number of nitrogens with zero attached hydrogens (tertiary/aromatic N) is 1. The van der Waals surface area contributed by atoms with E-state index >= 15 is 0 Å². The molecular formula is C22H21N5O4. The number of aromatic nitrogens is 2. The van der Waals surface area contributed by atoms with Crippen molar-refractivity contribution in [2.75, 3.05) is 23.1 Å². The zero-order valence-corrected chi connectivity index (χ0v) is 17.0. The van der Waals surface area contributed by atoms with Crippen molar-refractivity contribution in [1.29, 1.82) is 0 Å². The molecule has 2 aromatic carbocycles. The molecule has 9 nitrogen and oxygen atoms in total. The Bertz CT molecular complexity index is 1220. The van der Waals surface area contributed by atoms with Gasteiger partial charge in [0.25, 0.3) is 5.56 Å². The number of nitrogens with one attached hydrogen (secondary N) is 4. The summed E-state index contributed by atoms with van der Waals surface area (Å²) in [6, 6.07) is 14.4. The second-order valence-electron chi connectivity index (χ2n) is 7.11. The van der Waals surface area contributed by atoms with Crippen molar-refractivity contribution in [2.45, 2.75) is 19.3 Å². The van der Waals surface area contributed by atoms with Gasteiger partial charge in [-0.25, -0.2) is 0 Å². The third-order valence-electron chi connectivity index (χ3n) is 5.03. The second-order valence-corrected chi connectivity index (χ2v) is 7.11. The first-order valence-electron chi connectivity index (χ1n) is 9.67. The van der Waals surface area contributed by atoms with Crippen LogP contribution in [0.3, 0.4) is 0 Å². The normalized spacial score (nSPS) is 14.9. The number of carbonyl (C=O) groups is 2. The van der Waals surface area contributed by atoms with Gasteiger partial charge < -0.3 is 20.7 Å². The first-order chi connectivity index (χ1) is 15.0. The Morgan fingerprint density at radius 3 is 2.55 bits per heavy atom. The highest BCUT2D eigenvalue weighted by Gasteiger charge is 2.35. The fourth-order valence-corrected chi connectivity index (χ4v) is 3.46. The van der Waals surface area contributed by atoms with Gasteiger partial charge in [-0.1, -0.05) is 30.3 Å². The fourth-order valence-electron chi connectivity index (χ4n) is 3.46. The summed E-state index contributed by atoms with van der Waals surface area (Å²) in [6.45, 7) is 1.86. The average molecular weight is 419 g/mol. The lowest BCUT2D eigenvalue weighted by atomic mass is 9.92. The van der Waals surface area contributed by atoms with E-state index in [9.17, 15) is 14.4 Å². The van der Waals surface area contributed by atoms with Crippen LogP contribution in [0.5, 0.6) is 5.75 Å². The van der Waals surface area contributed by atoms with Crippen LogP contribution in [0.1, 0.15) is 23.5 Å². The van der Waals surface area contributed by atoms with Crippen LogP contribution in [0.2, 0.25) is 0 Å². The zero-order chi connectivity index (χ0) is 22.0. The first kappa shape index (κ1) is 20.1. The summed E-state index contributed by atoms with van der Waals surface area (Å²) in [5, 5.41) is 8.38. The van der Waals surface area contributed by atoms with E-state index in [-0.39, 0.29) is 23.8 Å². The maximum absolute atomic E-state index is 12.9. The van der Waals surface area contributed by atoms with Crippen molar-refractivity contribution >= 4 is 35.0 Å². The fraction of sp³-hybridized carbons (Fsp3) is 0.182. The largest absolute Gasteiger partial charge is 0.495 e. The summed E-state index contributed by atoms with van der Waals surface area (Å²) in [7, 11) is 1.53. The number of rotatable bonds is 5. The van der Waals surface area contributed by atoms with E-state index in [0.717, 1.165) is 5.56 Å². The minimum Gasteiger partial charge on any atom is -0.495 e. The van der Waals surface area contributed by atoms with E-state index in [1.54, 1.807) is 30.3 Å². The van der Waals surface area contributed by atoms with E-state index in [1.807, 2.05) is 25.1 Å². The number of H-pyrrole nitrogens is 1. The third-order valence-corrected chi connectivity index (χ3v) is 5.03. The number of amides is 2. The van der Waals surface area contributed by atoms with Crippen molar-refractivity contribution in [1.82, 2.24) is 9.97 Å². The predicted molar refractivity (Wildman–Crippen MR) is 117 cm³/mol. The molecule has 0 spiro atoms. The van der Waals surface area contributed by atoms with Gasteiger partial charge in [-0.2, -0.15) is 4.98 Å². The molecule has 4 rings (SSSR count). The van der Waals surface area contributed by atoms with Gasteiger partial charge in [0.05, 0.1) is 24.3 Å². The molecule has 1 aliphatic heterocycles. The molecule has 1 aromatic heterocycles. The highest BCUT2D eigenvalue weighted by atomic mass is 16.5. The van der Waals surface area contributed by atoms with E-state index in [0.29, 0.717) is 17.1 Å². The Hall–Kier alpha value is -4.14. The van der Waals surface area contributed by atoms with E-state index in [2.05, 4.69) is 25.9 Å². The molecule has 0 aliphatic carbocycles. The number of fused-ring (bicyclic) bond motifs is 1. The van der Waals surface area contributed by atoms with Crippen molar-refractivity contribution in [2.24, 2.45) is 0 Å². The molecular weight excluding hydrogens is 398 g/mol. The number of benzene rings is 2. The number of anilines is 4. The van der Waals surface area contributed by atoms with Crippen LogP contribution in [-0.4, -0.2) is 28.9 Å². The molecule has 3 aromatic rings. The Morgan fingerprint density at radius 2 is 1.81 bits per heavy atom. The Labute approximate surface area is 177 Å². The minimum absolute atomic E-state index is 0.0577. The number of ether oxygens (including phenoxy) is 1. The van der Waals surface area contributed by atoms with E-state index in [4.69, 9.17) is 4.74 Å². The number of para-hydroxylation sites is 3. The van der Waals surface area contributed by atoms with Crippen molar-refractivity contribution in [3.05, 3.63) is 70.0 Å². The number of hydrogen-bond acceptors (Lipinski definition) is 6. The Balaban J connectivity index is 1.66. The zero-order valence-electron chi connectivity index (χ0n) is 17.0. The number of carbonyl (C=O) groups excluding carboxylic acids is 2. The lowest BCUT2D eigenvalue weighted by Gasteiger charge is -2.24. The molecule has 0 bridgehead atoms. The van der Waals surface area contributed by atoms with E-state index in [1.165, 1.54) is 7.11 Å². The molecule has 0 fully saturated rings. The molecule has 1 atom stereocenters. The quantitative estimate of drug-likeness (QED) is 0.504. The van der Waals surface area contributed by atoms with Crippen molar-refractivity contribution in [3.8, 4) is 5.75 Å². The second kappa shape index (κ2) is 8.31. The molecule has 4 N–H and O–H groups in total. The SMILES string of the molecule is COc1ccccc1Nc1nc2c(c(=O)[nH]1)[C@H](C(=O)Nc1ccccc1C)CC(=O)N2. The lowest BCUT2D eigenvalue weighted by molar-refractivity contribution is -0.123. The molecule has 0 unspecified atom stereocenters. The monoisotopic (exact) mass is 419 g/mol. The minimum atomic E-state index is -0.958. The van der Waals surface area contributed by atoms with E-state index < -0.39 is 23.3 Å². The molecule has 2 amide bonds. The first-order valence-corrected chi connectivity index (χ1v) is 9.67. The summed E-state index contributed by atoms with van der Waals surface area (Å²) in [4.78, 5) is 45.0. The molecule has 0 saturated carbocycles. The summed E-state index contributed by atoms with van der Waals surface area (Å²) in [5.74, 6) is -1.06. The summed E-state index contributed by atoms with van der Waals surface area (Å²) in [5.41, 5.74) is 1.70. The van der Waals surface area contributed by atoms with Crippen LogP contribution in [0, 0.1) is 6.92 Å². The molecule has 0 saturated heterocycles. The van der Waals surface area contributed by atoms with Crippen LogP contribution in [0.15, 0.2) is 53.3 Å². The number of hydrogen-bond donors (Lipinski definition) is 4. The van der Waals surface area contributed by atoms with Crippen LogP contribution in [-0.2, 0) is 9.59 Å². The number of aryl methyl sites for hydroxylation is 1. The van der Waals surface area contributed by atoms with Gasteiger partial charge in [0.2, 0.25) is 17.8 Å². The highest BCUT2D eigenvalue weighted by molar-refractivity contribution is 6.04. The van der Waals surface area contributed by atoms with Crippen LogP contribution in [0.25, 0.3) is 0 Å². The lowest BCUT2D eigenvalue weighted by Crippen LogP contribution is -2.36. The summed E-state index contributed by atoms with van der Waals surface area (Å²) in [6.07, 6.45) is -0.144. The van der Waals surface area contributed by atoms with Crippen LogP contribution in [0.4, 0.5) is 23.1 Å². The molecule has 0 radical (unpaired) electrons. The Kier molecular flexibility index (Phi) is 5.40. The van der Waals surface area contributed by atoms with Gasteiger partial charge in [-0.05, 0) is 30.7 Å². The van der Waals surface area contributed by atoms with Gasteiger partial charge in [0, 0.05) is 12.1 Å². The molecule has 2 heterocycles. The Morgan fingerprint density at radius 1 is 1.10 bits per heavy atom. The van der Waals surface area contributed by atoms with Crippen LogP contribution < -0.4 is 26.2 Å². The van der Waals surface area contributed by atoms with Gasteiger partial charge in [-0.3, -0.25) is 19.4 Å². The number of aromatic amines is 1. The van der Waals surface area contributed by atoms with Crippen molar-refractivity contribution < 1.29 is 14.3 Å². The predicted octanol–water partition coefficient (Wildman–Crippen LogP) is 2.90. The summed E-state index contributed by atoms with van der Waals surface area (Å²) < 4.78 is 5.29. The van der Waals surface area contributed by atoms with Crippen molar-refractivity contribution in [3.63, 3.8) is 0 Å². The smallest absolute Gasteiger partial charge is 0.258 e. The van der Waals surface area contributed by atoms with Gasteiger partial charge >= 0.3 is 0 Å². The topological polar surface area (TPSA) is 125 Å². The third kappa shape index (κ3) is 4.11. The number of methoxy groups -OCH3 is 1. The maximum atomic E-state index is 12.9. The van der Waals surface area contributed by atoms with Gasteiger partial charge in [0.1, 0.15) is 11.6 Å².